The molecular weight excluding hydrogens is 320 g/mol. The third-order valence-electron chi connectivity index (χ3n) is 3.77. The first-order valence-electron chi connectivity index (χ1n) is 7.42. The van der Waals surface area contributed by atoms with Crippen LogP contribution in [0.25, 0.3) is 0 Å². The minimum Gasteiger partial charge on any atom is -0.384 e. The fraction of sp³-hybridized carbons (Fsp3) is 0.533. The number of carbonyl (C=O) groups excluding carboxylic acids is 1. The second kappa shape index (κ2) is 7.39. The maximum Gasteiger partial charge on any atom is 0.251 e. The fourth-order valence-corrected chi connectivity index (χ4v) is 3.57. The molecule has 0 saturated heterocycles. The minimum absolute atomic E-state index is 0.211. The summed E-state index contributed by atoms with van der Waals surface area (Å²) in [6, 6.07) is 4.90. The van der Waals surface area contributed by atoms with E-state index in [0.29, 0.717) is 26.1 Å². The standard InChI is InChI=1S/C15H22N2O5S/c1-11(18)15(19)17-7-5-12-9-14(4-3-13(12)10-17)23(20,21)16-6-8-22-2/h3-4,9,11,16,18H,5-8,10H2,1-2H3/t11-/m1/s1. The summed E-state index contributed by atoms with van der Waals surface area (Å²) in [5, 5.41) is 9.39. The number of hydrogen-bond donors (Lipinski definition) is 2. The quantitative estimate of drug-likeness (QED) is 0.703. The molecule has 0 saturated carbocycles. The topological polar surface area (TPSA) is 95.9 Å². The fourth-order valence-electron chi connectivity index (χ4n) is 2.51. The van der Waals surface area contributed by atoms with Gasteiger partial charge in [-0.3, -0.25) is 4.79 Å². The Balaban J connectivity index is 2.14. The van der Waals surface area contributed by atoms with Crippen LogP contribution >= 0.6 is 0 Å². The Morgan fingerprint density at radius 1 is 1.43 bits per heavy atom. The zero-order chi connectivity index (χ0) is 17.0. The van der Waals surface area contributed by atoms with Crippen LogP contribution in [0.1, 0.15) is 18.1 Å². The highest BCUT2D eigenvalue weighted by Gasteiger charge is 2.24. The third kappa shape index (κ3) is 4.29. The third-order valence-corrected chi connectivity index (χ3v) is 5.23. The monoisotopic (exact) mass is 342 g/mol. The molecule has 128 valence electrons. The molecule has 1 atom stereocenters. The smallest absolute Gasteiger partial charge is 0.251 e. The maximum absolute atomic E-state index is 12.2. The number of ether oxygens (including phenoxy) is 1. The molecule has 0 fully saturated rings. The number of amides is 1. The second-order valence-corrected chi connectivity index (χ2v) is 7.27. The van der Waals surface area contributed by atoms with Gasteiger partial charge in [-0.15, -0.1) is 0 Å². The van der Waals surface area contributed by atoms with Crippen molar-refractivity contribution in [3.8, 4) is 0 Å². The summed E-state index contributed by atoms with van der Waals surface area (Å²) in [4.78, 5) is 13.6. The number of aliphatic hydroxyl groups excluding tert-OH is 1. The molecule has 1 amide bonds. The van der Waals surface area contributed by atoms with E-state index < -0.39 is 16.1 Å². The number of hydrogen-bond acceptors (Lipinski definition) is 5. The summed E-state index contributed by atoms with van der Waals surface area (Å²) in [6.45, 7) is 2.82. The summed E-state index contributed by atoms with van der Waals surface area (Å²) in [5.41, 5.74) is 1.82. The Morgan fingerprint density at radius 3 is 2.83 bits per heavy atom. The summed E-state index contributed by atoms with van der Waals surface area (Å²) >= 11 is 0. The molecule has 8 heteroatoms. The van der Waals surface area contributed by atoms with Crippen molar-refractivity contribution in [2.75, 3.05) is 26.8 Å². The SMILES string of the molecule is COCCNS(=O)(=O)c1ccc2c(c1)CCN(C(=O)[C@@H](C)O)C2. The van der Waals surface area contributed by atoms with Gasteiger partial charge in [0.05, 0.1) is 11.5 Å². The van der Waals surface area contributed by atoms with Gasteiger partial charge in [-0.05, 0) is 36.6 Å². The summed E-state index contributed by atoms with van der Waals surface area (Å²) in [6.07, 6.45) is -0.462. The zero-order valence-corrected chi connectivity index (χ0v) is 14.1. The molecule has 2 N–H and O–H groups in total. The molecule has 1 aromatic rings. The molecule has 7 nitrogen and oxygen atoms in total. The number of aliphatic hydroxyl groups is 1. The lowest BCUT2D eigenvalue weighted by atomic mass is 9.99. The van der Waals surface area contributed by atoms with Crippen LogP contribution in [0.15, 0.2) is 23.1 Å². The first-order chi connectivity index (χ1) is 10.8. The van der Waals surface area contributed by atoms with E-state index in [1.54, 1.807) is 17.0 Å². The molecule has 1 aromatic carbocycles. The molecule has 0 bridgehead atoms. The van der Waals surface area contributed by atoms with Gasteiger partial charge in [0, 0.05) is 26.7 Å². The van der Waals surface area contributed by atoms with Gasteiger partial charge in [0.2, 0.25) is 10.0 Å². The van der Waals surface area contributed by atoms with Crippen LogP contribution in [-0.2, 0) is 32.5 Å². The highest BCUT2D eigenvalue weighted by Crippen LogP contribution is 2.23. The second-order valence-electron chi connectivity index (χ2n) is 5.51. The molecule has 0 spiro atoms. The van der Waals surface area contributed by atoms with Crippen LogP contribution in [0, 0.1) is 0 Å². The van der Waals surface area contributed by atoms with Crippen molar-refractivity contribution >= 4 is 15.9 Å². The first-order valence-corrected chi connectivity index (χ1v) is 8.90. The van der Waals surface area contributed by atoms with E-state index in [1.165, 1.54) is 20.1 Å². The predicted molar refractivity (Wildman–Crippen MR) is 84.3 cm³/mol. The number of rotatable bonds is 6. The number of nitrogens with zero attached hydrogens (tertiary/aromatic N) is 1. The van der Waals surface area contributed by atoms with Gasteiger partial charge in [-0.1, -0.05) is 6.07 Å². The maximum atomic E-state index is 12.2. The summed E-state index contributed by atoms with van der Waals surface area (Å²) < 4.78 is 31.7. The normalized spacial score (nSPS) is 16.0. The highest BCUT2D eigenvalue weighted by molar-refractivity contribution is 7.89. The number of nitrogens with one attached hydrogen (secondary N) is 1. The molecule has 0 unspecified atom stereocenters. The number of benzene rings is 1. The van der Waals surface area contributed by atoms with E-state index in [-0.39, 0.29) is 17.3 Å². The number of carbonyl (C=O) groups is 1. The van der Waals surface area contributed by atoms with E-state index >= 15 is 0 Å². The lowest BCUT2D eigenvalue weighted by Crippen LogP contribution is -2.41. The van der Waals surface area contributed by atoms with E-state index in [2.05, 4.69) is 4.72 Å². The Hall–Kier alpha value is -1.48. The van der Waals surface area contributed by atoms with Gasteiger partial charge >= 0.3 is 0 Å². The van der Waals surface area contributed by atoms with Gasteiger partial charge in [0.25, 0.3) is 5.91 Å². The largest absolute Gasteiger partial charge is 0.384 e. The van der Waals surface area contributed by atoms with Crippen LogP contribution in [0.2, 0.25) is 0 Å². The van der Waals surface area contributed by atoms with Crippen LogP contribution in [0.4, 0.5) is 0 Å². The Kier molecular flexibility index (Phi) is 5.74. The van der Waals surface area contributed by atoms with Gasteiger partial charge < -0.3 is 14.7 Å². The van der Waals surface area contributed by atoms with Crippen molar-refractivity contribution in [3.63, 3.8) is 0 Å². The lowest BCUT2D eigenvalue weighted by Gasteiger charge is -2.30. The first kappa shape index (κ1) is 17.9. The van der Waals surface area contributed by atoms with Gasteiger partial charge in [0.15, 0.2) is 0 Å². The number of methoxy groups -OCH3 is 1. The van der Waals surface area contributed by atoms with Gasteiger partial charge in [-0.25, -0.2) is 13.1 Å². The molecule has 0 aliphatic carbocycles. The minimum atomic E-state index is -3.56. The predicted octanol–water partition coefficient (Wildman–Crippen LogP) is -0.123. The van der Waals surface area contributed by atoms with Crippen LogP contribution in [0.5, 0.6) is 0 Å². The summed E-state index contributed by atoms with van der Waals surface area (Å²) in [5.74, 6) is -0.311. The van der Waals surface area contributed by atoms with E-state index in [1.807, 2.05) is 0 Å². The van der Waals surface area contributed by atoms with E-state index in [4.69, 9.17) is 4.74 Å². The van der Waals surface area contributed by atoms with Crippen molar-refractivity contribution in [2.45, 2.75) is 30.9 Å². The van der Waals surface area contributed by atoms with Gasteiger partial charge in [-0.2, -0.15) is 0 Å². The molecule has 1 heterocycles. The number of sulfonamides is 1. The molecule has 2 rings (SSSR count). The van der Waals surface area contributed by atoms with Crippen molar-refractivity contribution in [2.24, 2.45) is 0 Å². The van der Waals surface area contributed by atoms with Crippen LogP contribution in [-0.4, -0.2) is 57.2 Å². The van der Waals surface area contributed by atoms with Crippen LogP contribution in [0.3, 0.4) is 0 Å². The average molecular weight is 342 g/mol. The molecule has 0 radical (unpaired) electrons. The van der Waals surface area contributed by atoms with E-state index in [0.717, 1.165) is 11.1 Å². The van der Waals surface area contributed by atoms with Crippen LogP contribution < -0.4 is 4.72 Å². The van der Waals surface area contributed by atoms with Crippen molar-refractivity contribution in [1.29, 1.82) is 0 Å². The molecule has 23 heavy (non-hydrogen) atoms. The van der Waals surface area contributed by atoms with Crippen molar-refractivity contribution in [1.82, 2.24) is 9.62 Å². The summed E-state index contributed by atoms with van der Waals surface area (Å²) in [7, 11) is -2.05. The molecular formula is C15H22N2O5S. The molecule has 0 aromatic heterocycles. The number of fused-ring (bicyclic) bond motifs is 1. The highest BCUT2D eigenvalue weighted by atomic mass is 32.2. The zero-order valence-electron chi connectivity index (χ0n) is 13.3. The van der Waals surface area contributed by atoms with Crippen molar-refractivity contribution < 1.29 is 23.1 Å². The molecule has 1 aliphatic heterocycles. The lowest BCUT2D eigenvalue weighted by molar-refractivity contribution is -0.140. The Labute approximate surface area is 136 Å². The Morgan fingerprint density at radius 2 is 2.17 bits per heavy atom. The average Bonchev–Trinajstić information content (AvgIpc) is 2.53. The van der Waals surface area contributed by atoms with E-state index in [9.17, 15) is 18.3 Å². The van der Waals surface area contributed by atoms with Crippen molar-refractivity contribution in [3.05, 3.63) is 29.3 Å². The Bertz CT molecular complexity index is 672. The molecule has 1 aliphatic rings. The van der Waals surface area contributed by atoms with Gasteiger partial charge in [0.1, 0.15) is 6.10 Å².